The van der Waals surface area contributed by atoms with Gasteiger partial charge in [-0.1, -0.05) is 18.2 Å². The molecule has 0 aliphatic heterocycles. The van der Waals surface area contributed by atoms with Gasteiger partial charge in [-0.15, -0.1) is 0 Å². The highest BCUT2D eigenvalue weighted by atomic mass is 16.5. The SMILES string of the molecule is CNC1(CCN(C)C)C=C(OC)C(Nc2cc(-n3nc(C)c4ccccc43)ccn2)=CC1N. The molecular weight excluding hydrogens is 414 g/mol. The number of nitrogens with two attached hydrogens (primary N) is 1. The zero-order valence-electron chi connectivity index (χ0n) is 20.0. The third-order valence-corrected chi connectivity index (χ3v) is 6.28. The fourth-order valence-electron chi connectivity index (χ4n) is 4.28. The second-order valence-corrected chi connectivity index (χ2v) is 8.70. The number of aryl methyl sites for hydroxylation is 1. The minimum absolute atomic E-state index is 0.232. The molecule has 1 aromatic carbocycles. The lowest BCUT2D eigenvalue weighted by atomic mass is 9.82. The second kappa shape index (κ2) is 9.35. The zero-order valence-corrected chi connectivity index (χ0v) is 20.0. The molecule has 0 spiro atoms. The maximum absolute atomic E-state index is 6.63. The molecule has 0 bridgehead atoms. The molecule has 2 aromatic heterocycles. The van der Waals surface area contributed by atoms with E-state index in [1.165, 1.54) is 0 Å². The van der Waals surface area contributed by atoms with Crippen LogP contribution in [0.15, 0.2) is 66.2 Å². The highest BCUT2D eigenvalue weighted by molar-refractivity contribution is 5.83. The fourth-order valence-corrected chi connectivity index (χ4v) is 4.28. The molecule has 2 heterocycles. The fraction of sp³-hybridized carbons (Fsp3) is 0.360. The van der Waals surface area contributed by atoms with Crippen LogP contribution in [-0.4, -0.2) is 66.0 Å². The number of methoxy groups -OCH3 is 1. The first kappa shape index (κ1) is 23.0. The number of benzene rings is 1. The van der Waals surface area contributed by atoms with Crippen LogP contribution >= 0.6 is 0 Å². The van der Waals surface area contributed by atoms with Gasteiger partial charge in [-0.2, -0.15) is 5.10 Å². The van der Waals surface area contributed by atoms with Crippen LogP contribution < -0.4 is 16.4 Å². The van der Waals surface area contributed by atoms with Gasteiger partial charge in [0.1, 0.15) is 11.6 Å². The van der Waals surface area contributed by atoms with E-state index in [2.05, 4.69) is 52.8 Å². The average Bonchev–Trinajstić information content (AvgIpc) is 3.16. The molecule has 3 aromatic rings. The lowest BCUT2D eigenvalue weighted by molar-refractivity contribution is 0.260. The van der Waals surface area contributed by atoms with Gasteiger partial charge in [0.2, 0.25) is 0 Å². The lowest BCUT2D eigenvalue weighted by Gasteiger charge is -2.39. The molecular formula is C25H33N7O. The van der Waals surface area contributed by atoms with Crippen molar-refractivity contribution >= 4 is 16.7 Å². The average molecular weight is 448 g/mol. The molecule has 1 aliphatic rings. The number of hydrogen-bond donors (Lipinski definition) is 3. The molecule has 0 saturated heterocycles. The van der Waals surface area contributed by atoms with Gasteiger partial charge in [0, 0.05) is 23.7 Å². The second-order valence-electron chi connectivity index (χ2n) is 8.70. The molecule has 2 unspecified atom stereocenters. The largest absolute Gasteiger partial charge is 0.495 e. The first-order valence-corrected chi connectivity index (χ1v) is 11.1. The zero-order chi connectivity index (χ0) is 23.6. The maximum Gasteiger partial charge on any atom is 0.140 e. The van der Waals surface area contributed by atoms with Crippen LogP contribution in [0.4, 0.5) is 5.82 Å². The summed E-state index contributed by atoms with van der Waals surface area (Å²) in [6.45, 7) is 2.92. The summed E-state index contributed by atoms with van der Waals surface area (Å²) in [5, 5.41) is 12.7. The molecule has 33 heavy (non-hydrogen) atoms. The first-order chi connectivity index (χ1) is 15.9. The number of para-hydroxylation sites is 1. The molecule has 2 atom stereocenters. The van der Waals surface area contributed by atoms with E-state index < -0.39 is 0 Å². The van der Waals surface area contributed by atoms with E-state index in [1.54, 1.807) is 13.3 Å². The summed E-state index contributed by atoms with van der Waals surface area (Å²) in [6, 6.07) is 11.9. The number of likely N-dealkylation sites (N-methyl/N-ethyl adjacent to an activating group) is 1. The van der Waals surface area contributed by atoms with E-state index in [9.17, 15) is 0 Å². The summed E-state index contributed by atoms with van der Waals surface area (Å²) < 4.78 is 7.68. The van der Waals surface area contributed by atoms with Gasteiger partial charge >= 0.3 is 0 Å². The van der Waals surface area contributed by atoms with E-state index >= 15 is 0 Å². The Morgan fingerprint density at radius 3 is 2.76 bits per heavy atom. The van der Waals surface area contributed by atoms with Crippen LogP contribution in [0, 0.1) is 6.92 Å². The highest BCUT2D eigenvalue weighted by Gasteiger charge is 2.37. The number of nitrogens with zero attached hydrogens (tertiary/aromatic N) is 4. The van der Waals surface area contributed by atoms with Crippen molar-refractivity contribution < 1.29 is 4.74 Å². The van der Waals surface area contributed by atoms with Crippen LogP contribution in [0.1, 0.15) is 12.1 Å². The van der Waals surface area contributed by atoms with Crippen molar-refractivity contribution in [1.82, 2.24) is 25.0 Å². The maximum atomic E-state index is 6.63. The Balaban J connectivity index is 1.63. The summed E-state index contributed by atoms with van der Waals surface area (Å²) in [5.41, 5.74) is 10.0. The predicted molar refractivity (Wildman–Crippen MR) is 133 cm³/mol. The monoisotopic (exact) mass is 447 g/mol. The summed E-state index contributed by atoms with van der Waals surface area (Å²) in [6.07, 6.45) is 6.72. The molecule has 174 valence electrons. The Bertz CT molecular complexity index is 1200. The number of pyridine rings is 1. The van der Waals surface area contributed by atoms with Crippen LogP contribution in [0.5, 0.6) is 0 Å². The summed E-state index contributed by atoms with van der Waals surface area (Å²) in [4.78, 5) is 6.67. The minimum atomic E-state index is -0.387. The predicted octanol–water partition coefficient (Wildman–Crippen LogP) is 2.81. The van der Waals surface area contributed by atoms with Gasteiger partial charge in [0.25, 0.3) is 0 Å². The number of fused-ring (bicyclic) bond motifs is 1. The topological polar surface area (TPSA) is 93.3 Å². The molecule has 0 fully saturated rings. The van der Waals surface area contributed by atoms with E-state index in [1.807, 2.05) is 49.0 Å². The van der Waals surface area contributed by atoms with Gasteiger partial charge in [-0.3, -0.25) is 0 Å². The molecule has 8 heteroatoms. The summed E-state index contributed by atoms with van der Waals surface area (Å²) in [7, 11) is 7.73. The summed E-state index contributed by atoms with van der Waals surface area (Å²) in [5.74, 6) is 1.42. The highest BCUT2D eigenvalue weighted by Crippen LogP contribution is 2.30. The van der Waals surface area contributed by atoms with Crippen molar-refractivity contribution in [1.29, 1.82) is 0 Å². The first-order valence-electron chi connectivity index (χ1n) is 11.1. The number of hydrogen-bond acceptors (Lipinski definition) is 7. The van der Waals surface area contributed by atoms with Crippen LogP contribution in [0.2, 0.25) is 0 Å². The standard InChI is InChI=1S/C25H33N7O/c1-17-19-8-6-7-9-21(19)32(30-17)18-10-12-28-24(14-18)29-20-15-23(26)25(27-2,11-13-31(3)4)16-22(20)33-5/h6-10,12,14-16,23,27H,11,13,26H2,1-5H3,(H,28,29). The Labute approximate surface area is 195 Å². The van der Waals surface area contributed by atoms with Crippen LogP contribution in [0.25, 0.3) is 16.6 Å². The quantitative estimate of drug-likeness (QED) is 0.489. The van der Waals surface area contributed by atoms with Crippen molar-refractivity contribution in [3.05, 3.63) is 71.9 Å². The molecule has 4 rings (SSSR count). The summed E-state index contributed by atoms with van der Waals surface area (Å²) >= 11 is 0. The van der Waals surface area contributed by atoms with Crippen molar-refractivity contribution in [3.63, 3.8) is 0 Å². The Morgan fingerprint density at radius 1 is 1.24 bits per heavy atom. The molecule has 0 amide bonds. The molecule has 8 nitrogen and oxygen atoms in total. The minimum Gasteiger partial charge on any atom is -0.495 e. The molecule has 0 saturated carbocycles. The van der Waals surface area contributed by atoms with E-state index in [0.29, 0.717) is 5.82 Å². The van der Waals surface area contributed by atoms with E-state index in [-0.39, 0.29) is 11.6 Å². The molecule has 4 N–H and O–H groups in total. The van der Waals surface area contributed by atoms with Crippen molar-refractivity contribution in [3.8, 4) is 5.69 Å². The normalized spacial score (nSPS) is 20.6. The van der Waals surface area contributed by atoms with Gasteiger partial charge in [-0.25, -0.2) is 9.67 Å². The molecule has 0 radical (unpaired) electrons. The van der Waals surface area contributed by atoms with Crippen molar-refractivity contribution in [2.75, 3.05) is 40.1 Å². The Kier molecular flexibility index (Phi) is 6.51. The van der Waals surface area contributed by atoms with E-state index in [4.69, 9.17) is 15.6 Å². The number of ether oxygens (including phenoxy) is 1. The van der Waals surface area contributed by atoms with Gasteiger partial charge in [0.15, 0.2) is 0 Å². The third-order valence-electron chi connectivity index (χ3n) is 6.28. The van der Waals surface area contributed by atoms with Crippen LogP contribution in [-0.2, 0) is 4.74 Å². The van der Waals surface area contributed by atoms with E-state index in [0.717, 1.165) is 46.7 Å². The van der Waals surface area contributed by atoms with Gasteiger partial charge in [0.05, 0.1) is 35.2 Å². The number of nitrogens with one attached hydrogen (secondary N) is 2. The van der Waals surface area contributed by atoms with Crippen LogP contribution in [0.3, 0.4) is 0 Å². The number of anilines is 1. The Hall–Kier alpha value is -3.20. The lowest BCUT2D eigenvalue weighted by Crippen LogP contribution is -2.57. The van der Waals surface area contributed by atoms with Crippen molar-refractivity contribution in [2.24, 2.45) is 5.73 Å². The number of aromatic nitrogens is 3. The smallest absolute Gasteiger partial charge is 0.140 e. The number of rotatable bonds is 8. The van der Waals surface area contributed by atoms with Gasteiger partial charge in [-0.05, 0) is 65.3 Å². The Morgan fingerprint density at radius 2 is 2.03 bits per heavy atom. The van der Waals surface area contributed by atoms with Crippen molar-refractivity contribution in [2.45, 2.75) is 24.9 Å². The molecule has 1 aliphatic carbocycles. The van der Waals surface area contributed by atoms with Gasteiger partial charge < -0.3 is 26.0 Å². The third kappa shape index (κ3) is 4.50.